The molecule has 1 aliphatic heterocycles. The normalized spacial score (nSPS) is 17.7. The number of alkyl halides is 1. The summed E-state index contributed by atoms with van der Waals surface area (Å²) < 4.78 is 38.3. The van der Waals surface area contributed by atoms with E-state index in [9.17, 15) is 14.0 Å². The zero-order valence-corrected chi connectivity index (χ0v) is 25.0. The zero-order chi connectivity index (χ0) is 31.1. The third-order valence-electron chi connectivity index (χ3n) is 7.65. The molecule has 5 aromatic rings. The number of aromatic nitrogens is 6. The van der Waals surface area contributed by atoms with Crippen molar-refractivity contribution in [3.8, 4) is 28.3 Å². The lowest BCUT2D eigenvalue weighted by molar-refractivity contribution is -0.119. The van der Waals surface area contributed by atoms with Crippen molar-refractivity contribution in [2.45, 2.75) is 45.3 Å². The van der Waals surface area contributed by atoms with Crippen molar-refractivity contribution in [2.75, 3.05) is 5.32 Å². The van der Waals surface area contributed by atoms with Crippen molar-refractivity contribution in [3.63, 3.8) is 0 Å². The molecule has 226 valence electrons. The molecule has 1 N–H and O–H groups in total. The lowest BCUT2D eigenvalue weighted by Gasteiger charge is -2.21. The maximum absolute atomic E-state index is 15.4. The number of hydrogen-bond donors (Lipinski definition) is 1. The Hall–Kier alpha value is -4.42. The van der Waals surface area contributed by atoms with E-state index in [1.165, 1.54) is 53.1 Å². The van der Waals surface area contributed by atoms with Crippen LogP contribution < -0.4 is 10.7 Å². The molecule has 0 spiro atoms. The summed E-state index contributed by atoms with van der Waals surface area (Å²) in [5.41, 5.74) is 1.83. The number of nitrogens with zero attached hydrogens (tertiary/aromatic N) is 6. The minimum Gasteiger partial charge on any atom is -0.464 e. The number of benzene rings is 1. The second kappa shape index (κ2) is 11.9. The van der Waals surface area contributed by atoms with Gasteiger partial charge in [-0.05, 0) is 44.0 Å². The SMILES string of the molecule is CC(F)n1ncc2c1-c1ccnc(c1)[C@H](c1coc(-c3c(-n4cc(Cl)nn4)ccc(Cl)c3F)cc1=O)CCC[C@H](C)C(=O)N2. The van der Waals surface area contributed by atoms with Gasteiger partial charge in [0.2, 0.25) is 5.91 Å². The van der Waals surface area contributed by atoms with Crippen LogP contribution in [-0.2, 0) is 4.79 Å². The molecule has 44 heavy (non-hydrogen) atoms. The molecule has 6 rings (SSSR count). The average molecular weight is 640 g/mol. The Morgan fingerprint density at radius 3 is 2.70 bits per heavy atom. The molecular weight excluding hydrogens is 615 g/mol. The minimum absolute atomic E-state index is 0.0778. The van der Waals surface area contributed by atoms with Crippen LogP contribution in [0.25, 0.3) is 28.3 Å². The van der Waals surface area contributed by atoms with Gasteiger partial charge in [-0.25, -0.2) is 18.1 Å². The molecule has 0 saturated heterocycles. The van der Waals surface area contributed by atoms with Gasteiger partial charge in [0.15, 0.2) is 22.7 Å². The molecular formula is C30H25Cl2F2N7O3. The van der Waals surface area contributed by atoms with Gasteiger partial charge in [-0.3, -0.25) is 14.6 Å². The molecule has 1 amide bonds. The summed E-state index contributed by atoms with van der Waals surface area (Å²) in [6.45, 7) is 3.15. The van der Waals surface area contributed by atoms with Crippen LogP contribution in [0.5, 0.6) is 0 Å². The van der Waals surface area contributed by atoms with E-state index in [1.807, 2.05) is 0 Å². The predicted octanol–water partition coefficient (Wildman–Crippen LogP) is 6.97. The van der Waals surface area contributed by atoms with Crippen molar-refractivity contribution >= 4 is 34.8 Å². The van der Waals surface area contributed by atoms with Gasteiger partial charge >= 0.3 is 0 Å². The first-order valence-electron chi connectivity index (χ1n) is 13.8. The average Bonchev–Trinajstić information content (AvgIpc) is 3.62. The Balaban J connectivity index is 1.47. The van der Waals surface area contributed by atoms with E-state index in [0.717, 1.165) is 0 Å². The first-order valence-corrected chi connectivity index (χ1v) is 14.6. The number of nitrogens with one attached hydrogen (secondary N) is 1. The Morgan fingerprint density at radius 1 is 1.16 bits per heavy atom. The number of hydrogen-bond acceptors (Lipinski definition) is 7. The van der Waals surface area contributed by atoms with Gasteiger partial charge in [0.1, 0.15) is 5.76 Å². The topological polar surface area (TPSA) is 121 Å². The van der Waals surface area contributed by atoms with E-state index >= 15 is 4.39 Å². The summed E-state index contributed by atoms with van der Waals surface area (Å²) >= 11 is 12.0. The number of pyridine rings is 1. The molecule has 14 heteroatoms. The Morgan fingerprint density at radius 2 is 1.98 bits per heavy atom. The van der Waals surface area contributed by atoms with Crippen LogP contribution >= 0.6 is 23.2 Å². The van der Waals surface area contributed by atoms with Crippen LogP contribution in [0.3, 0.4) is 0 Å². The maximum Gasteiger partial charge on any atom is 0.227 e. The summed E-state index contributed by atoms with van der Waals surface area (Å²) in [6.07, 6.45) is 5.74. The fourth-order valence-electron chi connectivity index (χ4n) is 5.41. The number of anilines is 1. The third-order valence-corrected chi connectivity index (χ3v) is 8.11. The van der Waals surface area contributed by atoms with Crippen LogP contribution in [0.2, 0.25) is 10.2 Å². The van der Waals surface area contributed by atoms with Crippen LogP contribution in [0.15, 0.2) is 64.4 Å². The van der Waals surface area contributed by atoms with Crippen LogP contribution in [0, 0.1) is 11.7 Å². The summed E-state index contributed by atoms with van der Waals surface area (Å²) in [7, 11) is 0. The molecule has 0 radical (unpaired) electrons. The highest BCUT2D eigenvalue weighted by Crippen LogP contribution is 2.37. The zero-order valence-electron chi connectivity index (χ0n) is 23.5. The summed E-state index contributed by atoms with van der Waals surface area (Å²) in [5.74, 6) is -2.02. The van der Waals surface area contributed by atoms with Gasteiger partial charge in [-0.1, -0.05) is 41.8 Å². The molecule has 0 aliphatic carbocycles. The Labute approximate surface area is 259 Å². The van der Waals surface area contributed by atoms with Crippen LogP contribution in [0.1, 0.15) is 56.6 Å². The maximum atomic E-state index is 15.4. The number of rotatable bonds is 4. The minimum atomic E-state index is -1.47. The van der Waals surface area contributed by atoms with E-state index < -0.39 is 23.5 Å². The molecule has 0 saturated carbocycles. The second-order valence-corrected chi connectivity index (χ2v) is 11.4. The van der Waals surface area contributed by atoms with Crippen molar-refractivity contribution in [2.24, 2.45) is 5.92 Å². The van der Waals surface area contributed by atoms with Crippen LogP contribution in [0.4, 0.5) is 14.5 Å². The highest BCUT2D eigenvalue weighted by atomic mass is 35.5. The van der Waals surface area contributed by atoms with E-state index in [0.29, 0.717) is 41.9 Å². The standard InChI is InChI=1S/C30H25Cl2F2N7O3/c1-15-4-3-5-18(21-10-17(8-9-35-21)29-22(37-30(15)43)12-36-41(29)16(2)33)19-14-44-25(11-24(19)42)27-23(7-6-20(31)28(27)34)40-13-26(32)38-39-40/h6-16,18H,3-5H2,1-2H3,(H,37,43)/t15-,16?,18-/m0/s1. The summed E-state index contributed by atoms with van der Waals surface area (Å²) in [6, 6.07) is 7.49. The van der Waals surface area contributed by atoms with E-state index in [4.69, 9.17) is 27.6 Å². The largest absolute Gasteiger partial charge is 0.464 e. The molecule has 10 nitrogen and oxygen atoms in total. The van der Waals surface area contributed by atoms with Crippen LogP contribution in [-0.4, -0.2) is 35.7 Å². The number of amides is 1. The molecule has 1 unspecified atom stereocenters. The first-order chi connectivity index (χ1) is 21.1. The summed E-state index contributed by atoms with van der Waals surface area (Å²) in [4.78, 5) is 31.3. The van der Waals surface area contributed by atoms with Crippen molar-refractivity contribution < 1.29 is 18.0 Å². The highest BCUT2D eigenvalue weighted by Gasteiger charge is 2.27. The lowest BCUT2D eigenvalue weighted by atomic mass is 9.88. The fourth-order valence-corrected chi connectivity index (χ4v) is 5.69. The van der Waals surface area contributed by atoms with Crippen molar-refractivity contribution in [3.05, 3.63) is 92.7 Å². The van der Waals surface area contributed by atoms with Crippen molar-refractivity contribution in [1.29, 1.82) is 0 Å². The quantitative estimate of drug-likeness (QED) is 0.225. The Kier molecular flexibility index (Phi) is 8.04. The van der Waals surface area contributed by atoms with Gasteiger partial charge in [-0.2, -0.15) is 5.10 Å². The highest BCUT2D eigenvalue weighted by molar-refractivity contribution is 6.31. The predicted molar refractivity (Wildman–Crippen MR) is 160 cm³/mol. The molecule has 1 aliphatic rings. The first kappa shape index (κ1) is 29.6. The molecule has 5 heterocycles. The van der Waals surface area contributed by atoms with Gasteiger partial charge in [-0.15, -0.1) is 5.10 Å². The van der Waals surface area contributed by atoms with Gasteiger partial charge in [0.05, 0.1) is 46.3 Å². The monoisotopic (exact) mass is 639 g/mol. The van der Waals surface area contributed by atoms with Gasteiger partial charge in [0.25, 0.3) is 0 Å². The third kappa shape index (κ3) is 5.50. The fraction of sp³-hybridized carbons (Fsp3) is 0.267. The van der Waals surface area contributed by atoms with E-state index in [-0.39, 0.29) is 44.6 Å². The lowest BCUT2D eigenvalue weighted by Crippen LogP contribution is -2.22. The molecule has 0 fully saturated rings. The Bertz CT molecular complexity index is 1940. The van der Waals surface area contributed by atoms with Crippen molar-refractivity contribution in [1.82, 2.24) is 29.8 Å². The smallest absolute Gasteiger partial charge is 0.227 e. The van der Waals surface area contributed by atoms with E-state index in [2.05, 4.69) is 25.7 Å². The number of carbonyl (C=O) groups excluding carboxylic acids is 1. The second-order valence-electron chi connectivity index (χ2n) is 10.6. The summed E-state index contributed by atoms with van der Waals surface area (Å²) in [5, 5.41) is 14.6. The molecule has 1 aromatic carbocycles. The molecule has 2 bridgehead atoms. The van der Waals surface area contributed by atoms with Gasteiger partial charge < -0.3 is 9.73 Å². The number of carbonyl (C=O) groups is 1. The number of fused-ring (bicyclic) bond motifs is 4. The van der Waals surface area contributed by atoms with E-state index in [1.54, 1.807) is 25.3 Å². The van der Waals surface area contributed by atoms with Gasteiger partial charge in [0, 0.05) is 40.9 Å². The molecule has 4 aromatic heterocycles. The molecule has 3 atom stereocenters. The number of halogens is 4.